The van der Waals surface area contributed by atoms with E-state index in [4.69, 9.17) is 11.6 Å². The van der Waals surface area contributed by atoms with E-state index in [9.17, 15) is 4.79 Å². The number of benzene rings is 2. The summed E-state index contributed by atoms with van der Waals surface area (Å²) < 4.78 is 0. The first-order chi connectivity index (χ1) is 13.1. The first-order valence-electron chi connectivity index (χ1n) is 9.19. The molecule has 0 unspecified atom stereocenters. The Bertz CT molecular complexity index is 776. The van der Waals surface area contributed by atoms with E-state index < -0.39 is 0 Å². The van der Waals surface area contributed by atoms with Crippen molar-refractivity contribution in [1.29, 1.82) is 0 Å². The van der Waals surface area contributed by atoms with Gasteiger partial charge < -0.3 is 16.0 Å². The zero-order valence-corrected chi connectivity index (χ0v) is 16.6. The molecule has 0 heterocycles. The van der Waals surface area contributed by atoms with Gasteiger partial charge in [-0.1, -0.05) is 48.9 Å². The van der Waals surface area contributed by atoms with Gasteiger partial charge in [0.25, 0.3) is 0 Å². The molecule has 0 aliphatic heterocycles. The number of nitrogens with one attached hydrogen (secondary N) is 3. The second-order valence-electron chi connectivity index (χ2n) is 6.19. The fraction of sp³-hybridized carbons (Fsp3) is 0.333. The van der Waals surface area contributed by atoms with E-state index in [1.807, 2.05) is 55.5 Å². The number of hydrogen-bond donors (Lipinski definition) is 3. The van der Waals surface area contributed by atoms with Gasteiger partial charge in [-0.2, -0.15) is 0 Å². The summed E-state index contributed by atoms with van der Waals surface area (Å²) >= 11 is 6.18. The number of halogens is 1. The lowest BCUT2D eigenvalue weighted by Gasteiger charge is -2.13. The normalized spacial score (nSPS) is 11.1. The summed E-state index contributed by atoms with van der Waals surface area (Å²) in [6, 6.07) is 15.7. The molecule has 1 amide bonds. The molecule has 2 aromatic rings. The number of aliphatic imine (C=N–C) groups is 1. The summed E-state index contributed by atoms with van der Waals surface area (Å²) in [5.41, 5.74) is 2.99. The van der Waals surface area contributed by atoms with Gasteiger partial charge in [-0.15, -0.1) is 0 Å². The van der Waals surface area contributed by atoms with Crippen molar-refractivity contribution in [1.82, 2.24) is 10.6 Å². The minimum absolute atomic E-state index is 0.0414. The maximum absolute atomic E-state index is 11.7. The minimum atomic E-state index is 0.0414. The highest BCUT2D eigenvalue weighted by molar-refractivity contribution is 6.31. The molecule has 0 saturated heterocycles. The Labute approximate surface area is 166 Å². The fourth-order valence-electron chi connectivity index (χ4n) is 2.63. The van der Waals surface area contributed by atoms with Crippen molar-refractivity contribution in [2.45, 2.75) is 32.7 Å². The predicted molar refractivity (Wildman–Crippen MR) is 113 cm³/mol. The second-order valence-corrected chi connectivity index (χ2v) is 6.60. The zero-order valence-electron chi connectivity index (χ0n) is 15.9. The van der Waals surface area contributed by atoms with Gasteiger partial charge in [0, 0.05) is 37.3 Å². The maximum Gasteiger partial charge on any atom is 0.224 e. The Morgan fingerprint density at radius 1 is 1.11 bits per heavy atom. The summed E-state index contributed by atoms with van der Waals surface area (Å²) in [4.78, 5) is 16.0. The largest absolute Gasteiger partial charge is 0.356 e. The van der Waals surface area contributed by atoms with Crippen LogP contribution in [0.25, 0.3) is 0 Å². The summed E-state index contributed by atoms with van der Waals surface area (Å²) in [7, 11) is 1.74. The van der Waals surface area contributed by atoms with Gasteiger partial charge in [-0.3, -0.25) is 9.79 Å². The van der Waals surface area contributed by atoms with Crippen LogP contribution in [-0.4, -0.2) is 25.5 Å². The third-order valence-corrected chi connectivity index (χ3v) is 4.38. The first-order valence-corrected chi connectivity index (χ1v) is 9.57. The fourth-order valence-corrected chi connectivity index (χ4v) is 2.86. The SMILES string of the molecule is CCCC(=O)Nc1cccc(CNC(=NC)NCCc2ccccc2Cl)c1. The highest BCUT2D eigenvalue weighted by Gasteiger charge is 2.04. The van der Waals surface area contributed by atoms with E-state index in [1.54, 1.807) is 7.05 Å². The molecule has 0 spiro atoms. The van der Waals surface area contributed by atoms with Crippen LogP contribution < -0.4 is 16.0 Å². The van der Waals surface area contributed by atoms with Gasteiger partial charge in [0.2, 0.25) is 5.91 Å². The Hall–Kier alpha value is -2.53. The minimum Gasteiger partial charge on any atom is -0.356 e. The van der Waals surface area contributed by atoms with E-state index >= 15 is 0 Å². The summed E-state index contributed by atoms with van der Waals surface area (Å²) in [5, 5.41) is 10.3. The molecular weight excluding hydrogens is 360 g/mol. The third-order valence-electron chi connectivity index (χ3n) is 4.02. The van der Waals surface area contributed by atoms with E-state index in [-0.39, 0.29) is 5.91 Å². The molecule has 0 saturated carbocycles. The quantitative estimate of drug-likeness (QED) is 0.474. The van der Waals surface area contributed by atoms with Crippen LogP contribution in [0.5, 0.6) is 0 Å². The molecule has 2 aromatic carbocycles. The number of anilines is 1. The van der Waals surface area contributed by atoms with Crippen LogP contribution in [0.1, 0.15) is 30.9 Å². The molecule has 0 aliphatic rings. The van der Waals surface area contributed by atoms with E-state index in [0.29, 0.717) is 13.0 Å². The maximum atomic E-state index is 11.7. The Morgan fingerprint density at radius 2 is 1.93 bits per heavy atom. The highest BCUT2D eigenvalue weighted by Crippen LogP contribution is 2.15. The topological polar surface area (TPSA) is 65.5 Å². The third kappa shape index (κ3) is 7.31. The Morgan fingerprint density at radius 3 is 2.67 bits per heavy atom. The Kier molecular flexibility index (Phi) is 8.65. The smallest absolute Gasteiger partial charge is 0.224 e. The number of carbonyl (C=O) groups is 1. The van der Waals surface area contributed by atoms with Crippen LogP contribution >= 0.6 is 11.6 Å². The van der Waals surface area contributed by atoms with Crippen LogP contribution in [0.15, 0.2) is 53.5 Å². The van der Waals surface area contributed by atoms with Crippen LogP contribution in [-0.2, 0) is 17.8 Å². The molecule has 5 nitrogen and oxygen atoms in total. The molecule has 3 N–H and O–H groups in total. The molecule has 0 bridgehead atoms. The van der Waals surface area contributed by atoms with Gasteiger partial charge in [0.05, 0.1) is 0 Å². The average molecular weight is 387 g/mol. The van der Waals surface area contributed by atoms with Gasteiger partial charge in [0.1, 0.15) is 0 Å². The van der Waals surface area contributed by atoms with Crippen molar-refractivity contribution < 1.29 is 4.79 Å². The standard InChI is InChI=1S/C21H27ClN4O/c1-3-7-20(27)26-18-10-6-8-16(14-18)15-25-21(23-2)24-13-12-17-9-4-5-11-19(17)22/h4-6,8-11,14H,3,7,12-13,15H2,1-2H3,(H,26,27)(H2,23,24,25). The lowest BCUT2D eigenvalue weighted by molar-refractivity contribution is -0.116. The molecule has 0 aliphatic carbocycles. The predicted octanol–water partition coefficient (Wildman–Crippen LogP) is 3.99. The summed E-state index contributed by atoms with van der Waals surface area (Å²) in [6.45, 7) is 3.34. The van der Waals surface area contributed by atoms with Gasteiger partial charge in [-0.05, 0) is 42.2 Å². The summed E-state index contributed by atoms with van der Waals surface area (Å²) in [5.74, 6) is 0.766. The number of carbonyl (C=O) groups excluding carboxylic acids is 1. The molecule has 0 radical (unpaired) electrons. The number of nitrogens with zero attached hydrogens (tertiary/aromatic N) is 1. The molecule has 144 valence electrons. The monoisotopic (exact) mass is 386 g/mol. The summed E-state index contributed by atoms with van der Waals surface area (Å²) in [6.07, 6.45) is 2.19. The van der Waals surface area contributed by atoms with Gasteiger partial charge in [0.15, 0.2) is 5.96 Å². The van der Waals surface area contributed by atoms with Crippen molar-refractivity contribution in [3.05, 3.63) is 64.7 Å². The second kappa shape index (κ2) is 11.2. The first kappa shape index (κ1) is 20.8. The number of hydrogen-bond acceptors (Lipinski definition) is 2. The molecular formula is C21H27ClN4O. The van der Waals surface area contributed by atoms with Gasteiger partial charge in [-0.25, -0.2) is 0 Å². The van der Waals surface area contributed by atoms with Crippen molar-refractivity contribution in [3.63, 3.8) is 0 Å². The number of amides is 1. The van der Waals surface area contributed by atoms with Gasteiger partial charge >= 0.3 is 0 Å². The van der Waals surface area contributed by atoms with Crippen molar-refractivity contribution in [2.75, 3.05) is 18.9 Å². The van der Waals surface area contributed by atoms with Crippen LogP contribution in [0, 0.1) is 0 Å². The lowest BCUT2D eigenvalue weighted by atomic mass is 10.1. The Balaban J connectivity index is 1.81. The molecule has 2 rings (SSSR count). The van der Waals surface area contributed by atoms with Crippen LogP contribution in [0.2, 0.25) is 5.02 Å². The van der Waals surface area contributed by atoms with Crippen LogP contribution in [0.4, 0.5) is 5.69 Å². The highest BCUT2D eigenvalue weighted by atomic mass is 35.5. The number of guanidine groups is 1. The molecule has 0 atom stereocenters. The molecule has 0 aromatic heterocycles. The van der Waals surface area contributed by atoms with Crippen molar-refractivity contribution in [3.8, 4) is 0 Å². The van der Waals surface area contributed by atoms with Crippen molar-refractivity contribution >= 4 is 29.2 Å². The van der Waals surface area contributed by atoms with Crippen molar-refractivity contribution in [2.24, 2.45) is 4.99 Å². The van der Waals surface area contributed by atoms with E-state index in [1.165, 1.54) is 0 Å². The molecule has 0 fully saturated rings. The molecule has 27 heavy (non-hydrogen) atoms. The zero-order chi connectivity index (χ0) is 19.5. The molecule has 6 heteroatoms. The van der Waals surface area contributed by atoms with E-state index in [0.717, 1.165) is 47.2 Å². The van der Waals surface area contributed by atoms with E-state index in [2.05, 4.69) is 20.9 Å². The van der Waals surface area contributed by atoms with Crippen LogP contribution in [0.3, 0.4) is 0 Å². The number of rotatable bonds is 8. The lowest BCUT2D eigenvalue weighted by Crippen LogP contribution is -2.37. The average Bonchev–Trinajstić information content (AvgIpc) is 2.66.